The summed E-state index contributed by atoms with van der Waals surface area (Å²) in [5.41, 5.74) is 0.512. The number of carbonyl (C=O) groups is 5. The molecule has 2 atom stereocenters. The molecule has 12 heteroatoms. The highest BCUT2D eigenvalue weighted by Gasteiger charge is 2.24. The Hall–Kier alpha value is -2.90. The molecule has 0 aliphatic rings. The van der Waals surface area contributed by atoms with Gasteiger partial charge in [-0.2, -0.15) is 0 Å². The van der Waals surface area contributed by atoms with E-state index in [1.165, 1.54) is 0 Å². The highest BCUT2D eigenvalue weighted by molar-refractivity contribution is 14.1. The maximum atomic E-state index is 12.0. The monoisotopic (exact) mass is 549 g/mol. The van der Waals surface area contributed by atoms with Crippen LogP contribution in [0.5, 0.6) is 0 Å². The van der Waals surface area contributed by atoms with Crippen LogP contribution < -0.4 is 16.0 Å². The Balaban J connectivity index is 2.41. The first kappa shape index (κ1) is 26.1. The molecular formula is C19H24IN3O8. The van der Waals surface area contributed by atoms with Crippen LogP contribution in [0.15, 0.2) is 24.3 Å². The lowest BCUT2D eigenvalue weighted by molar-refractivity contribution is -0.140. The van der Waals surface area contributed by atoms with Gasteiger partial charge in [0, 0.05) is 22.1 Å². The normalized spacial score (nSPS) is 12.3. The van der Waals surface area contributed by atoms with Gasteiger partial charge in [0.05, 0.1) is 0 Å². The number of aliphatic carboxylic acids is 3. The second kappa shape index (κ2) is 13.4. The van der Waals surface area contributed by atoms with Crippen LogP contribution in [0, 0.1) is 3.57 Å². The van der Waals surface area contributed by atoms with Crippen LogP contribution in [0.3, 0.4) is 0 Å². The topological polar surface area (TPSA) is 182 Å². The molecule has 0 radical (unpaired) electrons. The molecule has 1 aromatic rings. The highest BCUT2D eigenvalue weighted by Crippen LogP contribution is 2.07. The van der Waals surface area contributed by atoms with Gasteiger partial charge in [0.25, 0.3) is 5.91 Å². The van der Waals surface area contributed by atoms with Crippen LogP contribution in [0.25, 0.3) is 0 Å². The van der Waals surface area contributed by atoms with E-state index in [4.69, 9.17) is 10.2 Å². The number of urea groups is 1. The van der Waals surface area contributed by atoms with Crippen molar-refractivity contribution in [2.45, 2.75) is 44.2 Å². The number of halogens is 1. The molecule has 1 unspecified atom stereocenters. The summed E-state index contributed by atoms with van der Waals surface area (Å²) in [6.07, 6.45) is 0.115. The molecule has 6 N–H and O–H groups in total. The van der Waals surface area contributed by atoms with E-state index in [2.05, 4.69) is 38.5 Å². The van der Waals surface area contributed by atoms with Gasteiger partial charge in [-0.05, 0) is 72.5 Å². The number of hydrogen-bond acceptors (Lipinski definition) is 5. The summed E-state index contributed by atoms with van der Waals surface area (Å²) in [5.74, 6) is -4.18. The lowest BCUT2D eigenvalue weighted by Gasteiger charge is -2.18. The van der Waals surface area contributed by atoms with E-state index >= 15 is 0 Å². The van der Waals surface area contributed by atoms with Crippen LogP contribution in [0.2, 0.25) is 0 Å². The van der Waals surface area contributed by atoms with Crippen molar-refractivity contribution in [1.29, 1.82) is 0 Å². The summed E-state index contributed by atoms with van der Waals surface area (Å²) in [4.78, 5) is 56.9. The Morgan fingerprint density at radius 3 is 1.90 bits per heavy atom. The van der Waals surface area contributed by atoms with Gasteiger partial charge in [0.15, 0.2) is 0 Å². The molecule has 0 heterocycles. The van der Waals surface area contributed by atoms with E-state index in [-0.39, 0.29) is 18.7 Å². The van der Waals surface area contributed by atoms with Gasteiger partial charge < -0.3 is 31.3 Å². The average Bonchev–Trinajstić information content (AvgIpc) is 2.69. The average molecular weight is 549 g/mol. The zero-order chi connectivity index (χ0) is 23.4. The molecule has 0 aliphatic heterocycles. The number of carboxylic acid groups (broad SMARTS) is 3. The lowest BCUT2D eigenvalue weighted by atomic mass is 10.1. The number of unbranched alkanes of at least 4 members (excludes halogenated alkanes) is 1. The van der Waals surface area contributed by atoms with Crippen molar-refractivity contribution in [1.82, 2.24) is 16.0 Å². The molecule has 0 aliphatic carbocycles. The first-order valence-corrected chi connectivity index (χ1v) is 10.5. The predicted molar refractivity (Wildman–Crippen MR) is 117 cm³/mol. The van der Waals surface area contributed by atoms with Gasteiger partial charge in [-0.1, -0.05) is 0 Å². The molecule has 3 amide bonds. The molecule has 1 rings (SSSR count). The van der Waals surface area contributed by atoms with Gasteiger partial charge in [-0.25, -0.2) is 14.4 Å². The van der Waals surface area contributed by atoms with Crippen molar-refractivity contribution in [2.75, 3.05) is 6.54 Å². The number of nitrogens with one attached hydrogen (secondary N) is 3. The van der Waals surface area contributed by atoms with Gasteiger partial charge in [-0.15, -0.1) is 0 Å². The Morgan fingerprint density at radius 1 is 0.839 bits per heavy atom. The second-order valence-electron chi connectivity index (χ2n) is 6.59. The molecule has 0 aromatic heterocycles. The van der Waals surface area contributed by atoms with Gasteiger partial charge >= 0.3 is 23.9 Å². The summed E-state index contributed by atoms with van der Waals surface area (Å²) < 4.78 is 1.00. The van der Waals surface area contributed by atoms with Crippen LogP contribution in [-0.4, -0.2) is 63.8 Å². The number of carboxylic acids is 3. The molecule has 11 nitrogen and oxygen atoms in total. The van der Waals surface area contributed by atoms with Crippen molar-refractivity contribution in [2.24, 2.45) is 0 Å². The van der Waals surface area contributed by atoms with Gasteiger partial charge in [-0.3, -0.25) is 9.59 Å². The van der Waals surface area contributed by atoms with E-state index in [1.807, 2.05) is 0 Å². The fraction of sp³-hybridized carbons (Fsp3) is 0.421. The number of rotatable bonds is 13. The lowest BCUT2D eigenvalue weighted by Crippen LogP contribution is -2.51. The summed E-state index contributed by atoms with van der Waals surface area (Å²) in [6, 6.07) is 3.27. The third kappa shape index (κ3) is 10.6. The minimum atomic E-state index is -1.46. The number of amides is 3. The number of benzene rings is 1. The Morgan fingerprint density at radius 2 is 1.39 bits per heavy atom. The molecular weight excluding hydrogens is 525 g/mol. The Labute approximate surface area is 191 Å². The summed E-state index contributed by atoms with van der Waals surface area (Å²) in [5, 5.41) is 33.9. The number of hydrogen-bond donors (Lipinski definition) is 6. The fourth-order valence-electron chi connectivity index (χ4n) is 2.52. The standard InChI is InChI=1S/C19H24IN3O8/c20-12-6-4-11(5-7-12)16(26)21-10-2-1-3-13(17(27)28)22-19(31)23-14(18(29)30)8-9-15(24)25/h4-7,13-14H,1-3,8-10H2,(H,21,26)(H,24,25)(H,27,28)(H,29,30)(H2,22,23,31)/t13?,14-/m0/s1. The van der Waals surface area contributed by atoms with E-state index in [0.29, 0.717) is 24.9 Å². The summed E-state index contributed by atoms with van der Waals surface area (Å²) in [6.45, 7) is 0.319. The van der Waals surface area contributed by atoms with Crippen LogP contribution >= 0.6 is 22.6 Å². The maximum absolute atomic E-state index is 12.0. The van der Waals surface area contributed by atoms with Crippen molar-refractivity contribution in [3.05, 3.63) is 33.4 Å². The molecule has 0 saturated carbocycles. The zero-order valence-corrected chi connectivity index (χ0v) is 18.6. The third-order valence-corrected chi connectivity index (χ3v) is 4.88. The van der Waals surface area contributed by atoms with Crippen molar-refractivity contribution < 1.29 is 39.3 Å². The molecule has 0 saturated heterocycles. The summed E-state index contributed by atoms with van der Waals surface area (Å²) in [7, 11) is 0. The molecule has 0 fully saturated rings. The maximum Gasteiger partial charge on any atom is 0.326 e. The van der Waals surface area contributed by atoms with Gasteiger partial charge in [0.2, 0.25) is 0 Å². The molecule has 170 valence electrons. The number of carbonyl (C=O) groups excluding carboxylic acids is 2. The van der Waals surface area contributed by atoms with Crippen LogP contribution in [-0.2, 0) is 14.4 Å². The first-order valence-electron chi connectivity index (χ1n) is 9.38. The van der Waals surface area contributed by atoms with E-state index in [1.54, 1.807) is 24.3 Å². The third-order valence-electron chi connectivity index (χ3n) is 4.17. The fourth-order valence-corrected chi connectivity index (χ4v) is 2.88. The van der Waals surface area contributed by atoms with Crippen molar-refractivity contribution in [3.63, 3.8) is 0 Å². The minimum absolute atomic E-state index is 0.0645. The Bertz CT molecular complexity index is 800. The molecule has 0 spiro atoms. The minimum Gasteiger partial charge on any atom is -0.481 e. The van der Waals surface area contributed by atoms with Crippen molar-refractivity contribution >= 4 is 52.4 Å². The Kier molecular flexibility index (Phi) is 11.3. The van der Waals surface area contributed by atoms with E-state index < -0.39 is 42.4 Å². The summed E-state index contributed by atoms with van der Waals surface area (Å²) >= 11 is 2.13. The first-order chi connectivity index (χ1) is 14.6. The molecule has 31 heavy (non-hydrogen) atoms. The second-order valence-corrected chi connectivity index (χ2v) is 7.84. The molecule has 1 aromatic carbocycles. The van der Waals surface area contributed by atoms with E-state index in [9.17, 15) is 29.1 Å². The van der Waals surface area contributed by atoms with Gasteiger partial charge in [0.1, 0.15) is 12.1 Å². The van der Waals surface area contributed by atoms with E-state index in [0.717, 1.165) is 3.57 Å². The van der Waals surface area contributed by atoms with Crippen LogP contribution in [0.4, 0.5) is 4.79 Å². The highest BCUT2D eigenvalue weighted by atomic mass is 127. The SMILES string of the molecule is O=C(O)CC[C@H](NC(=O)NC(CCCCNC(=O)c1ccc(I)cc1)C(=O)O)C(=O)O. The zero-order valence-electron chi connectivity index (χ0n) is 16.5. The molecule has 0 bridgehead atoms. The largest absolute Gasteiger partial charge is 0.481 e. The predicted octanol–water partition coefficient (Wildman–Crippen LogP) is 1.26. The quantitative estimate of drug-likeness (QED) is 0.157. The van der Waals surface area contributed by atoms with Crippen molar-refractivity contribution in [3.8, 4) is 0 Å². The van der Waals surface area contributed by atoms with Crippen LogP contribution in [0.1, 0.15) is 42.5 Å². The smallest absolute Gasteiger partial charge is 0.326 e.